The van der Waals surface area contributed by atoms with Gasteiger partial charge in [0.1, 0.15) is 12.6 Å². The number of unbranched alkanes of at least 4 members (excludes halogenated alkanes) is 7. The molecule has 0 fully saturated rings. The number of likely N-dealkylation sites (N-methyl/N-ethyl adjacent to an activating group) is 1. The lowest BCUT2D eigenvalue weighted by Crippen LogP contribution is -2.55. The molecule has 8 heteroatoms. The van der Waals surface area contributed by atoms with Crippen molar-refractivity contribution in [1.29, 1.82) is 0 Å². The van der Waals surface area contributed by atoms with E-state index < -0.39 is 18.1 Å². The topological polar surface area (TPSA) is 102 Å². The fourth-order valence-electron chi connectivity index (χ4n) is 6.18. The number of allylic oxidation sites excluding steroid dienone is 20. The second-order valence-corrected chi connectivity index (χ2v) is 16.6. The Kier molecular flexibility index (Phi) is 41.3. The van der Waals surface area contributed by atoms with E-state index in [9.17, 15) is 19.5 Å². The highest BCUT2D eigenvalue weighted by molar-refractivity contribution is 5.70. The molecule has 0 aliphatic heterocycles. The highest BCUT2D eigenvalue weighted by atomic mass is 16.6. The van der Waals surface area contributed by atoms with E-state index in [0.29, 0.717) is 12.8 Å². The zero-order valence-corrected chi connectivity index (χ0v) is 40.2. The molecule has 0 amide bonds. The summed E-state index contributed by atoms with van der Waals surface area (Å²) in [5, 5.41) is 11.7. The van der Waals surface area contributed by atoms with Crippen LogP contribution < -0.4 is 5.11 Å². The van der Waals surface area contributed by atoms with Crippen molar-refractivity contribution in [3.8, 4) is 0 Å². The molecule has 0 aromatic heterocycles. The molecule has 0 rings (SSSR count). The van der Waals surface area contributed by atoms with Crippen LogP contribution in [0.1, 0.15) is 155 Å². The molecule has 0 aliphatic carbocycles. The van der Waals surface area contributed by atoms with E-state index >= 15 is 0 Å². The number of nitrogens with zero attached hydrogens (tertiary/aromatic N) is 1. The zero-order chi connectivity index (χ0) is 46.3. The van der Waals surface area contributed by atoms with Crippen molar-refractivity contribution in [2.75, 3.05) is 41.0 Å². The number of quaternary nitrogens is 1. The third kappa shape index (κ3) is 42.8. The van der Waals surface area contributed by atoms with Crippen LogP contribution in [0.2, 0.25) is 0 Å². The average Bonchev–Trinajstić information content (AvgIpc) is 3.24. The molecule has 0 radical (unpaired) electrons. The van der Waals surface area contributed by atoms with Gasteiger partial charge in [-0.1, -0.05) is 155 Å². The summed E-state index contributed by atoms with van der Waals surface area (Å²) in [7, 11) is 5.38. The number of carbonyl (C=O) groups excluding carboxylic acids is 3. The van der Waals surface area contributed by atoms with E-state index in [2.05, 4.69) is 135 Å². The molecule has 0 aliphatic rings. The Labute approximate surface area is 384 Å². The molecule has 0 bridgehead atoms. The quantitative estimate of drug-likeness (QED) is 0.0261. The van der Waals surface area contributed by atoms with E-state index in [1.165, 1.54) is 0 Å². The molecule has 2 atom stereocenters. The highest BCUT2D eigenvalue weighted by Gasteiger charge is 2.25. The molecule has 0 spiro atoms. The molecule has 0 N–H and O–H groups in total. The lowest BCUT2D eigenvalue weighted by Gasteiger charge is -2.34. The van der Waals surface area contributed by atoms with E-state index in [1.807, 2.05) is 0 Å². The van der Waals surface area contributed by atoms with Gasteiger partial charge in [-0.15, -0.1) is 0 Å². The second-order valence-electron chi connectivity index (χ2n) is 16.6. The van der Waals surface area contributed by atoms with Gasteiger partial charge in [0.25, 0.3) is 0 Å². The summed E-state index contributed by atoms with van der Waals surface area (Å²) in [6.45, 7) is 4.35. The summed E-state index contributed by atoms with van der Waals surface area (Å²) in [5.41, 5.74) is 0. The SMILES string of the molecule is CC/C=C/C/C=C/C/C=C/C/C=C/C/C=C/CCCCCCC(=O)OC(COCCC(C(=O)[O-])[N+](C)(C)C)COC(=O)CCCCC/C=C/C/C=C/C/C=C/C/C=C/C/C=C/CC. The van der Waals surface area contributed by atoms with Crippen molar-refractivity contribution in [3.05, 3.63) is 122 Å². The Morgan fingerprint density at radius 3 is 1.24 bits per heavy atom. The second kappa shape index (κ2) is 44.3. The van der Waals surface area contributed by atoms with Gasteiger partial charge in [-0.3, -0.25) is 9.59 Å². The standard InChI is InChI=1S/C55H87NO7/c1-6-8-10-12-14-16-18-20-22-24-26-28-30-32-34-36-38-40-42-44-46-54(58)63-51(49-61-48-47-52(55(59)60)56(3,4)5)50-62-53(57)45-43-41-39-37-35-33-31-29-27-25-23-21-19-17-15-13-11-9-7-2/h8-11,14-17,20-23,26-29,32-35,51-52H,6-7,12-13,18-19,24-25,30-31,36-50H2,1-5H3/b10-8+,11-9+,16-14+,17-15+,22-20+,23-21+,28-26+,29-27+,34-32+,35-33+. The van der Waals surface area contributed by atoms with Gasteiger partial charge in [0.05, 0.1) is 40.3 Å². The number of ether oxygens (including phenoxy) is 3. The summed E-state index contributed by atoms with van der Waals surface area (Å²) in [6, 6.07) is -0.745. The summed E-state index contributed by atoms with van der Waals surface area (Å²) in [6.07, 6.45) is 62.2. The Morgan fingerprint density at radius 1 is 0.476 bits per heavy atom. The van der Waals surface area contributed by atoms with Gasteiger partial charge >= 0.3 is 11.9 Å². The van der Waals surface area contributed by atoms with Crippen LogP contribution in [-0.2, 0) is 28.6 Å². The van der Waals surface area contributed by atoms with Crippen LogP contribution in [-0.4, -0.2) is 75.5 Å². The summed E-state index contributed by atoms with van der Waals surface area (Å²) in [5.74, 6) is -1.83. The van der Waals surface area contributed by atoms with Gasteiger partial charge in [-0.25, -0.2) is 0 Å². The van der Waals surface area contributed by atoms with Crippen molar-refractivity contribution in [1.82, 2.24) is 0 Å². The Bertz CT molecular complexity index is 1440. The molecule has 0 aromatic carbocycles. The number of carboxylic acids is 1. The molecule has 63 heavy (non-hydrogen) atoms. The minimum absolute atomic E-state index is 0.0103. The first kappa shape index (κ1) is 58.7. The van der Waals surface area contributed by atoms with Gasteiger partial charge in [-0.05, 0) is 103 Å². The summed E-state index contributed by atoms with van der Waals surface area (Å²) in [4.78, 5) is 37.0. The maximum Gasteiger partial charge on any atom is 0.306 e. The van der Waals surface area contributed by atoms with E-state index in [-0.39, 0.29) is 49.1 Å². The van der Waals surface area contributed by atoms with Crippen LogP contribution in [0.5, 0.6) is 0 Å². The molecule has 8 nitrogen and oxygen atoms in total. The lowest BCUT2D eigenvalue weighted by atomic mass is 10.1. The Morgan fingerprint density at radius 2 is 0.841 bits per heavy atom. The van der Waals surface area contributed by atoms with Gasteiger partial charge < -0.3 is 28.6 Å². The van der Waals surface area contributed by atoms with Gasteiger partial charge in [0.15, 0.2) is 6.10 Å². The van der Waals surface area contributed by atoms with Crippen LogP contribution in [0.3, 0.4) is 0 Å². The normalized spacial score (nSPS) is 14.0. The van der Waals surface area contributed by atoms with Crippen LogP contribution in [0.15, 0.2) is 122 Å². The molecule has 2 unspecified atom stereocenters. The van der Waals surface area contributed by atoms with E-state index in [0.717, 1.165) is 116 Å². The smallest absolute Gasteiger partial charge is 0.306 e. The first-order valence-electron chi connectivity index (χ1n) is 24.1. The van der Waals surface area contributed by atoms with Crippen LogP contribution in [0.4, 0.5) is 0 Å². The third-order valence-electron chi connectivity index (χ3n) is 9.84. The fourth-order valence-corrected chi connectivity index (χ4v) is 6.18. The van der Waals surface area contributed by atoms with Gasteiger partial charge in [-0.2, -0.15) is 0 Å². The molecule has 354 valence electrons. The zero-order valence-electron chi connectivity index (χ0n) is 40.2. The Hall–Kier alpha value is -4.27. The number of hydrogen-bond donors (Lipinski definition) is 0. The first-order valence-corrected chi connectivity index (χ1v) is 24.1. The Balaban J connectivity index is 4.44. The summed E-state index contributed by atoms with van der Waals surface area (Å²) >= 11 is 0. The van der Waals surface area contributed by atoms with E-state index in [1.54, 1.807) is 21.1 Å². The molecule has 0 aromatic rings. The number of esters is 2. The maximum absolute atomic E-state index is 12.8. The third-order valence-corrected chi connectivity index (χ3v) is 9.84. The molecule has 0 heterocycles. The number of carbonyl (C=O) groups is 3. The van der Waals surface area contributed by atoms with Crippen LogP contribution in [0, 0.1) is 0 Å². The fraction of sp³-hybridized carbons (Fsp3) is 0.582. The predicted molar refractivity (Wildman–Crippen MR) is 263 cm³/mol. The van der Waals surface area contributed by atoms with Gasteiger partial charge in [0, 0.05) is 19.3 Å². The first-order chi connectivity index (χ1) is 30.6. The van der Waals surface area contributed by atoms with Crippen LogP contribution >= 0.6 is 0 Å². The number of hydrogen-bond acceptors (Lipinski definition) is 7. The van der Waals surface area contributed by atoms with Gasteiger partial charge in [0.2, 0.25) is 0 Å². The van der Waals surface area contributed by atoms with Crippen molar-refractivity contribution < 1.29 is 38.2 Å². The lowest BCUT2D eigenvalue weighted by molar-refractivity contribution is -0.889. The largest absolute Gasteiger partial charge is 0.544 e. The van der Waals surface area contributed by atoms with Crippen LogP contribution in [0.25, 0.3) is 0 Å². The van der Waals surface area contributed by atoms with E-state index in [4.69, 9.17) is 14.2 Å². The van der Waals surface area contributed by atoms with Crippen molar-refractivity contribution >= 4 is 17.9 Å². The monoisotopic (exact) mass is 874 g/mol. The molecular weight excluding hydrogens is 787 g/mol. The predicted octanol–water partition coefficient (Wildman–Crippen LogP) is 12.5. The minimum atomic E-state index is -1.14. The van der Waals surface area contributed by atoms with Crippen molar-refractivity contribution in [2.24, 2.45) is 0 Å². The molecule has 0 saturated carbocycles. The number of rotatable bonds is 41. The van der Waals surface area contributed by atoms with Crippen molar-refractivity contribution in [3.63, 3.8) is 0 Å². The molecule has 0 saturated heterocycles. The maximum atomic E-state index is 12.8. The number of aliphatic carboxylic acids is 1. The average molecular weight is 874 g/mol. The molecular formula is C55H87NO7. The highest BCUT2D eigenvalue weighted by Crippen LogP contribution is 2.12. The summed E-state index contributed by atoms with van der Waals surface area (Å²) < 4.78 is 17.1. The minimum Gasteiger partial charge on any atom is -0.544 e. The number of carboxylic acid groups (broad SMARTS) is 1. The van der Waals surface area contributed by atoms with Crippen molar-refractivity contribution in [2.45, 2.75) is 167 Å².